The molecule has 0 atom stereocenters. The number of hydrogen-bond acceptors (Lipinski definition) is 1. The molecule has 78 valence electrons. The van der Waals surface area contributed by atoms with Crippen molar-refractivity contribution >= 4 is 5.91 Å². The highest BCUT2D eigenvalue weighted by molar-refractivity contribution is 5.84. The van der Waals surface area contributed by atoms with Gasteiger partial charge < -0.3 is 5.73 Å². The van der Waals surface area contributed by atoms with Crippen molar-refractivity contribution in [2.45, 2.75) is 51.4 Å². The minimum atomic E-state index is -0.0322. The summed E-state index contributed by atoms with van der Waals surface area (Å²) in [7, 11) is 0. The van der Waals surface area contributed by atoms with E-state index in [4.69, 9.17) is 5.73 Å². The molecular weight excluding hydrogens is 174 g/mol. The van der Waals surface area contributed by atoms with E-state index in [1.54, 1.807) is 0 Å². The Morgan fingerprint density at radius 1 is 1.07 bits per heavy atom. The van der Waals surface area contributed by atoms with Gasteiger partial charge in [0.15, 0.2) is 0 Å². The number of primary amides is 1. The van der Waals surface area contributed by atoms with E-state index in [1.165, 1.54) is 32.1 Å². The Kier molecular flexibility index (Phi) is 1.58. The van der Waals surface area contributed by atoms with Gasteiger partial charge in [0.1, 0.15) is 0 Å². The van der Waals surface area contributed by atoms with Crippen LogP contribution in [0, 0.1) is 16.7 Å². The fourth-order valence-electron chi connectivity index (χ4n) is 4.28. The zero-order valence-electron chi connectivity index (χ0n) is 8.72. The highest BCUT2D eigenvalue weighted by Gasteiger charge is 2.72. The molecule has 2 nitrogen and oxygen atoms in total. The Hall–Kier alpha value is -0.530. The summed E-state index contributed by atoms with van der Waals surface area (Å²) in [5.74, 6) is 0.896. The molecule has 0 unspecified atom stereocenters. The van der Waals surface area contributed by atoms with E-state index in [9.17, 15) is 4.79 Å². The zero-order valence-corrected chi connectivity index (χ0v) is 8.72. The van der Waals surface area contributed by atoms with Gasteiger partial charge in [-0.3, -0.25) is 4.79 Å². The lowest BCUT2D eigenvalue weighted by Gasteiger charge is -2.72. The van der Waals surface area contributed by atoms with Crippen LogP contribution < -0.4 is 5.73 Å². The van der Waals surface area contributed by atoms with E-state index in [-0.39, 0.29) is 11.3 Å². The summed E-state index contributed by atoms with van der Waals surface area (Å²) in [6.07, 6.45) is 10.4. The second kappa shape index (κ2) is 2.53. The predicted molar refractivity (Wildman–Crippen MR) is 54.5 cm³/mol. The Balaban J connectivity index is 1.65. The Morgan fingerprint density at radius 2 is 1.64 bits per heavy atom. The van der Waals surface area contributed by atoms with Crippen molar-refractivity contribution in [3.8, 4) is 0 Å². The predicted octanol–water partition coefficient (Wildman–Crippen LogP) is 2.22. The molecule has 0 spiro atoms. The van der Waals surface area contributed by atoms with Gasteiger partial charge in [-0.15, -0.1) is 0 Å². The van der Waals surface area contributed by atoms with E-state index in [2.05, 4.69) is 0 Å². The smallest absolute Gasteiger partial charge is 0.223 e. The molecule has 2 heteroatoms. The van der Waals surface area contributed by atoms with Crippen LogP contribution in [0.4, 0.5) is 0 Å². The maximum Gasteiger partial charge on any atom is 0.223 e. The second-order valence-corrected chi connectivity index (χ2v) is 5.87. The van der Waals surface area contributed by atoms with Gasteiger partial charge in [-0.2, -0.15) is 0 Å². The summed E-state index contributed by atoms with van der Waals surface area (Å²) in [6.45, 7) is 0. The number of rotatable bonds is 2. The number of amides is 1. The number of carbonyl (C=O) groups is 1. The molecule has 2 N–H and O–H groups in total. The zero-order chi connectivity index (χ0) is 9.81. The third kappa shape index (κ3) is 0.896. The standard InChI is InChI=1S/C12H19NO/c13-10(14)12-6-11(7-12,8-12)9-4-2-1-3-5-9/h9H,1-8H2,(H2,13,14). The van der Waals surface area contributed by atoms with Gasteiger partial charge >= 0.3 is 0 Å². The quantitative estimate of drug-likeness (QED) is 0.718. The van der Waals surface area contributed by atoms with Crippen molar-refractivity contribution in [3.05, 3.63) is 0 Å². The molecule has 0 radical (unpaired) electrons. The third-order valence-corrected chi connectivity index (χ3v) is 5.07. The summed E-state index contributed by atoms with van der Waals surface area (Å²) in [4.78, 5) is 11.2. The number of carbonyl (C=O) groups excluding carboxylic acids is 1. The molecule has 1 amide bonds. The number of hydrogen-bond donors (Lipinski definition) is 1. The van der Waals surface area contributed by atoms with Crippen LogP contribution >= 0.6 is 0 Å². The fraction of sp³-hybridized carbons (Fsp3) is 0.917. The van der Waals surface area contributed by atoms with Gasteiger partial charge in [-0.25, -0.2) is 0 Å². The molecule has 0 aromatic rings. The first-order valence-corrected chi connectivity index (χ1v) is 5.97. The summed E-state index contributed by atoms with van der Waals surface area (Å²) in [5, 5.41) is 0. The molecule has 0 aromatic carbocycles. The van der Waals surface area contributed by atoms with Gasteiger partial charge in [-0.1, -0.05) is 19.3 Å². The van der Waals surface area contributed by atoms with Crippen molar-refractivity contribution in [1.29, 1.82) is 0 Å². The Bertz CT molecular complexity index is 258. The molecule has 0 aromatic heterocycles. The first-order chi connectivity index (χ1) is 6.67. The van der Waals surface area contributed by atoms with E-state index in [0.29, 0.717) is 5.41 Å². The largest absolute Gasteiger partial charge is 0.369 e. The fourth-order valence-corrected chi connectivity index (χ4v) is 4.28. The summed E-state index contributed by atoms with van der Waals surface area (Å²) < 4.78 is 0. The monoisotopic (exact) mass is 193 g/mol. The number of nitrogens with two attached hydrogens (primary N) is 1. The molecule has 0 aliphatic heterocycles. The van der Waals surface area contributed by atoms with Crippen molar-refractivity contribution in [1.82, 2.24) is 0 Å². The van der Waals surface area contributed by atoms with E-state index in [1.807, 2.05) is 0 Å². The topological polar surface area (TPSA) is 43.1 Å². The molecule has 4 rings (SSSR count). The Morgan fingerprint density at radius 3 is 2.14 bits per heavy atom. The summed E-state index contributed by atoms with van der Waals surface area (Å²) in [5.41, 5.74) is 5.97. The van der Waals surface area contributed by atoms with Gasteiger partial charge in [0.2, 0.25) is 5.91 Å². The summed E-state index contributed by atoms with van der Waals surface area (Å²) in [6, 6.07) is 0. The highest BCUT2D eigenvalue weighted by Crippen LogP contribution is 2.77. The molecule has 4 saturated carbocycles. The average molecular weight is 193 g/mol. The lowest BCUT2D eigenvalue weighted by atomic mass is 9.31. The highest BCUT2D eigenvalue weighted by atomic mass is 16.1. The first-order valence-electron chi connectivity index (χ1n) is 5.97. The summed E-state index contributed by atoms with van der Waals surface area (Å²) >= 11 is 0. The van der Waals surface area contributed by atoms with Crippen LogP contribution in [-0.2, 0) is 4.79 Å². The van der Waals surface area contributed by atoms with Crippen LogP contribution in [-0.4, -0.2) is 5.91 Å². The van der Waals surface area contributed by atoms with E-state index in [0.717, 1.165) is 25.2 Å². The Labute approximate surface area is 85.2 Å². The van der Waals surface area contributed by atoms with Crippen LogP contribution in [0.5, 0.6) is 0 Å². The molecule has 2 bridgehead atoms. The third-order valence-electron chi connectivity index (χ3n) is 5.07. The first kappa shape index (κ1) is 8.75. The molecule has 0 heterocycles. The van der Waals surface area contributed by atoms with Crippen molar-refractivity contribution in [2.24, 2.45) is 22.5 Å². The van der Waals surface area contributed by atoms with Crippen LogP contribution in [0.3, 0.4) is 0 Å². The molecule has 14 heavy (non-hydrogen) atoms. The molecule has 4 fully saturated rings. The van der Waals surface area contributed by atoms with Crippen molar-refractivity contribution < 1.29 is 4.79 Å². The van der Waals surface area contributed by atoms with E-state index >= 15 is 0 Å². The maximum absolute atomic E-state index is 11.2. The van der Waals surface area contributed by atoms with Gasteiger partial charge in [0.25, 0.3) is 0 Å². The van der Waals surface area contributed by atoms with Crippen LogP contribution in [0.2, 0.25) is 0 Å². The minimum Gasteiger partial charge on any atom is -0.369 e. The molecule has 0 saturated heterocycles. The van der Waals surface area contributed by atoms with Crippen LogP contribution in [0.25, 0.3) is 0 Å². The van der Waals surface area contributed by atoms with E-state index < -0.39 is 0 Å². The van der Waals surface area contributed by atoms with Crippen LogP contribution in [0.15, 0.2) is 0 Å². The van der Waals surface area contributed by atoms with Gasteiger partial charge in [-0.05, 0) is 43.4 Å². The SMILES string of the molecule is NC(=O)C12CC(C3CCCCC3)(C1)C2. The van der Waals surface area contributed by atoms with Crippen molar-refractivity contribution in [3.63, 3.8) is 0 Å². The molecule has 4 aliphatic rings. The van der Waals surface area contributed by atoms with Crippen LogP contribution in [0.1, 0.15) is 51.4 Å². The normalized spacial score (nSPS) is 46.6. The van der Waals surface area contributed by atoms with Crippen molar-refractivity contribution in [2.75, 3.05) is 0 Å². The van der Waals surface area contributed by atoms with Gasteiger partial charge in [0.05, 0.1) is 5.41 Å². The lowest BCUT2D eigenvalue weighted by molar-refractivity contribution is -0.231. The lowest BCUT2D eigenvalue weighted by Crippen LogP contribution is -2.69. The minimum absolute atomic E-state index is 0.0303. The second-order valence-electron chi connectivity index (χ2n) is 5.87. The van der Waals surface area contributed by atoms with Gasteiger partial charge in [0, 0.05) is 0 Å². The molecular formula is C12H19NO. The average Bonchev–Trinajstić information content (AvgIpc) is 2.00. The molecule has 4 aliphatic carbocycles. The maximum atomic E-state index is 11.2.